The Morgan fingerprint density at radius 3 is 1.92 bits per heavy atom. The maximum atomic E-state index is 13.9. The number of benzene rings is 3. The molecule has 1 heterocycles. The molecule has 1 saturated heterocycles. The summed E-state index contributed by atoms with van der Waals surface area (Å²) < 4.78 is 27.9. The summed E-state index contributed by atoms with van der Waals surface area (Å²) in [5.41, 5.74) is 1.88. The summed E-state index contributed by atoms with van der Waals surface area (Å²) in [6, 6.07) is 27.1. The fourth-order valence-corrected chi connectivity index (χ4v) is 5.77. The van der Waals surface area contributed by atoms with Gasteiger partial charge in [-0.25, -0.2) is 8.42 Å². The summed E-state index contributed by atoms with van der Waals surface area (Å²) >= 11 is 0. The molecule has 182 valence electrons. The van der Waals surface area contributed by atoms with Crippen LogP contribution < -0.4 is 10.0 Å². The number of allylic oxidation sites excluding steroid dienone is 3. The lowest BCUT2D eigenvalue weighted by atomic mass is 9.82. The predicted molar refractivity (Wildman–Crippen MR) is 138 cm³/mol. The first-order valence-electron chi connectivity index (χ1n) is 11.7. The first kappa shape index (κ1) is 23.6. The van der Waals surface area contributed by atoms with Crippen LogP contribution in [0.3, 0.4) is 0 Å². The summed E-state index contributed by atoms with van der Waals surface area (Å²) in [5, 5.41) is 11.8. The molecule has 0 atom stereocenters. The first-order chi connectivity index (χ1) is 17.4. The van der Waals surface area contributed by atoms with Crippen LogP contribution in [0.4, 0.5) is 0 Å². The van der Waals surface area contributed by atoms with Crippen molar-refractivity contribution in [2.75, 3.05) is 6.54 Å². The van der Waals surface area contributed by atoms with E-state index in [1.54, 1.807) is 36.4 Å². The molecule has 0 radical (unpaired) electrons. The molecule has 0 unspecified atom stereocenters. The second-order valence-corrected chi connectivity index (χ2v) is 10.5. The van der Waals surface area contributed by atoms with E-state index < -0.39 is 15.6 Å². The monoisotopic (exact) mass is 498 g/mol. The van der Waals surface area contributed by atoms with Gasteiger partial charge in [0.15, 0.2) is 11.5 Å². The number of hydrogen-bond acceptors (Lipinski definition) is 4. The topological polar surface area (TPSA) is 102 Å². The molecule has 3 N–H and O–H groups in total. The molecule has 0 aromatic heterocycles. The smallest absolute Gasteiger partial charge is 0.264 e. The van der Waals surface area contributed by atoms with E-state index in [2.05, 4.69) is 10.0 Å². The molecule has 1 aliphatic carbocycles. The van der Waals surface area contributed by atoms with Crippen molar-refractivity contribution in [3.05, 3.63) is 126 Å². The summed E-state index contributed by atoms with van der Waals surface area (Å²) in [5.74, 6) is -0.182. The van der Waals surface area contributed by atoms with Gasteiger partial charge in [-0.15, -0.1) is 0 Å². The van der Waals surface area contributed by atoms with E-state index in [1.807, 2.05) is 66.7 Å². The van der Waals surface area contributed by atoms with Gasteiger partial charge in [0.2, 0.25) is 0 Å². The lowest BCUT2D eigenvalue weighted by Gasteiger charge is -2.28. The van der Waals surface area contributed by atoms with Crippen molar-refractivity contribution in [2.45, 2.75) is 23.3 Å². The molecular weight excluding hydrogens is 472 g/mol. The molecule has 5 rings (SSSR count). The highest BCUT2D eigenvalue weighted by atomic mass is 32.2. The van der Waals surface area contributed by atoms with Gasteiger partial charge in [0.25, 0.3) is 15.9 Å². The second kappa shape index (κ2) is 9.47. The molecule has 3 aromatic rings. The average Bonchev–Trinajstić information content (AvgIpc) is 3.17. The zero-order valence-electron chi connectivity index (χ0n) is 19.5. The third-order valence-electron chi connectivity index (χ3n) is 6.47. The highest BCUT2D eigenvalue weighted by Crippen LogP contribution is 2.36. The number of carbonyl (C=O) groups is 1. The molecule has 8 heteroatoms. The van der Waals surface area contributed by atoms with Crippen molar-refractivity contribution < 1.29 is 13.2 Å². The van der Waals surface area contributed by atoms with Gasteiger partial charge >= 0.3 is 0 Å². The zero-order valence-corrected chi connectivity index (χ0v) is 20.3. The molecular formula is C28H26N4O3S. The molecule has 0 saturated carbocycles. The molecule has 3 aromatic carbocycles. The quantitative estimate of drug-likeness (QED) is 0.460. The van der Waals surface area contributed by atoms with Crippen LogP contribution in [-0.4, -0.2) is 31.7 Å². The number of rotatable bonds is 7. The van der Waals surface area contributed by atoms with E-state index in [9.17, 15) is 13.2 Å². The van der Waals surface area contributed by atoms with E-state index in [4.69, 9.17) is 5.41 Å². The highest BCUT2D eigenvalue weighted by molar-refractivity contribution is 7.89. The van der Waals surface area contributed by atoms with Crippen LogP contribution in [0, 0.1) is 5.41 Å². The van der Waals surface area contributed by atoms with Gasteiger partial charge in [0.05, 0.1) is 11.4 Å². The Bertz CT molecular complexity index is 1410. The fourth-order valence-electron chi connectivity index (χ4n) is 4.62. The maximum absolute atomic E-state index is 13.9. The van der Waals surface area contributed by atoms with Gasteiger partial charge in [0, 0.05) is 5.70 Å². The van der Waals surface area contributed by atoms with Crippen LogP contribution in [-0.2, 0) is 20.4 Å². The van der Waals surface area contributed by atoms with Crippen molar-refractivity contribution in [3.63, 3.8) is 0 Å². The van der Waals surface area contributed by atoms with E-state index >= 15 is 0 Å². The van der Waals surface area contributed by atoms with Gasteiger partial charge in [0.1, 0.15) is 0 Å². The summed E-state index contributed by atoms with van der Waals surface area (Å²) in [4.78, 5) is 15.6. The Hall–Kier alpha value is -4.17. The standard InChI is InChI=1S/C28H26N4O3S/c29-27-30-28(22-10-4-1-5-11-22,23-12-6-2-7-13-23)26(33)32(27)20-21-16-18-24(19-17-21)31-36(34,35)25-14-8-3-9-15-25/h1-16,18,31H,17,19-20H2,(H2,29,30). The molecule has 7 nitrogen and oxygen atoms in total. The van der Waals surface area contributed by atoms with Crippen molar-refractivity contribution in [2.24, 2.45) is 0 Å². The van der Waals surface area contributed by atoms with Crippen LogP contribution in [0.2, 0.25) is 0 Å². The predicted octanol–water partition coefficient (Wildman–Crippen LogP) is 3.88. The second-order valence-electron chi connectivity index (χ2n) is 8.78. The number of carbonyl (C=O) groups excluding carboxylic acids is 1. The SMILES string of the molecule is N=C1NC(c2ccccc2)(c2ccccc2)C(=O)N1CC1=CC=C(NS(=O)(=O)c2ccccc2)CC1. The summed E-state index contributed by atoms with van der Waals surface area (Å²) in [6.07, 6.45) is 4.63. The summed E-state index contributed by atoms with van der Waals surface area (Å²) in [6.45, 7) is 0.251. The minimum absolute atomic E-state index is 0.0353. The Labute approximate surface area is 210 Å². The minimum atomic E-state index is -3.65. The lowest BCUT2D eigenvalue weighted by molar-refractivity contribution is -0.129. The first-order valence-corrected chi connectivity index (χ1v) is 13.1. The molecule has 1 aliphatic heterocycles. The Morgan fingerprint density at radius 2 is 1.39 bits per heavy atom. The highest BCUT2D eigenvalue weighted by Gasteiger charge is 2.52. The van der Waals surface area contributed by atoms with Crippen molar-refractivity contribution in [3.8, 4) is 0 Å². The minimum Gasteiger partial charge on any atom is -0.334 e. The van der Waals surface area contributed by atoms with Crippen molar-refractivity contribution in [1.82, 2.24) is 14.9 Å². The van der Waals surface area contributed by atoms with Gasteiger partial charge in [-0.1, -0.05) is 84.9 Å². The molecule has 0 spiro atoms. The van der Waals surface area contributed by atoms with Gasteiger partial charge in [-0.05, 0) is 47.8 Å². The van der Waals surface area contributed by atoms with Crippen LogP contribution in [0.25, 0.3) is 0 Å². The van der Waals surface area contributed by atoms with Crippen molar-refractivity contribution >= 4 is 21.9 Å². The van der Waals surface area contributed by atoms with E-state index in [0.29, 0.717) is 18.5 Å². The lowest BCUT2D eigenvalue weighted by Crippen LogP contribution is -2.45. The number of guanidine groups is 1. The number of amides is 1. The normalized spacial score (nSPS) is 17.3. The van der Waals surface area contributed by atoms with Gasteiger partial charge in [-0.3, -0.25) is 19.8 Å². The maximum Gasteiger partial charge on any atom is 0.264 e. The molecule has 1 fully saturated rings. The third kappa shape index (κ3) is 4.31. The van der Waals surface area contributed by atoms with Gasteiger partial charge in [-0.2, -0.15) is 0 Å². The Balaban J connectivity index is 1.38. The van der Waals surface area contributed by atoms with Crippen LogP contribution in [0.5, 0.6) is 0 Å². The molecule has 1 amide bonds. The number of sulfonamides is 1. The van der Waals surface area contributed by atoms with E-state index in [-0.39, 0.29) is 23.3 Å². The largest absolute Gasteiger partial charge is 0.334 e. The Kier molecular flexibility index (Phi) is 6.20. The summed E-state index contributed by atoms with van der Waals surface area (Å²) in [7, 11) is -3.65. The van der Waals surface area contributed by atoms with E-state index in [1.165, 1.54) is 4.90 Å². The third-order valence-corrected chi connectivity index (χ3v) is 7.89. The molecule has 2 aliphatic rings. The van der Waals surface area contributed by atoms with Crippen LogP contribution in [0.15, 0.2) is 119 Å². The number of nitrogens with zero attached hydrogens (tertiary/aromatic N) is 1. The van der Waals surface area contributed by atoms with Crippen LogP contribution >= 0.6 is 0 Å². The fraction of sp³-hybridized carbons (Fsp3) is 0.143. The molecule has 36 heavy (non-hydrogen) atoms. The zero-order chi connectivity index (χ0) is 25.2. The van der Waals surface area contributed by atoms with Crippen LogP contribution in [0.1, 0.15) is 24.0 Å². The number of nitrogens with one attached hydrogen (secondary N) is 3. The van der Waals surface area contributed by atoms with E-state index in [0.717, 1.165) is 16.7 Å². The average molecular weight is 499 g/mol. The van der Waals surface area contributed by atoms with Crippen molar-refractivity contribution in [1.29, 1.82) is 5.41 Å². The Morgan fingerprint density at radius 1 is 0.833 bits per heavy atom. The number of hydrogen-bond donors (Lipinski definition) is 3. The van der Waals surface area contributed by atoms with Gasteiger partial charge < -0.3 is 5.32 Å². The molecule has 0 bridgehead atoms.